The minimum atomic E-state index is -0.324. The largest absolute Gasteiger partial charge is 0.345 e. The van der Waals surface area contributed by atoms with Crippen molar-refractivity contribution in [1.82, 2.24) is 10.6 Å². The molecule has 1 fully saturated rings. The second-order valence-electron chi connectivity index (χ2n) is 3.31. The summed E-state index contributed by atoms with van der Waals surface area (Å²) in [7, 11) is 0. The van der Waals surface area contributed by atoms with Gasteiger partial charge < -0.3 is 15.4 Å². The van der Waals surface area contributed by atoms with Gasteiger partial charge in [-0.25, -0.2) is 0 Å². The Balaban J connectivity index is 2.34. The molecule has 1 aliphatic heterocycles. The summed E-state index contributed by atoms with van der Waals surface area (Å²) >= 11 is 0. The number of amides is 1. The van der Waals surface area contributed by atoms with Gasteiger partial charge in [-0.05, 0) is 25.8 Å². The highest BCUT2D eigenvalue weighted by Gasteiger charge is 2.23. The molecule has 4 heteroatoms. The summed E-state index contributed by atoms with van der Waals surface area (Å²) in [6.45, 7) is 2.78. The van der Waals surface area contributed by atoms with Crippen LogP contribution in [0.2, 0.25) is 0 Å². The predicted molar refractivity (Wildman–Crippen MR) is 49.3 cm³/mol. The summed E-state index contributed by atoms with van der Waals surface area (Å²) in [4.78, 5) is 21.9. The predicted octanol–water partition coefficient (Wildman–Crippen LogP) is -0.168. The van der Waals surface area contributed by atoms with Crippen LogP contribution in [0.15, 0.2) is 0 Å². The van der Waals surface area contributed by atoms with Gasteiger partial charge in [0.2, 0.25) is 5.91 Å². The van der Waals surface area contributed by atoms with Crippen LogP contribution in [0.1, 0.15) is 26.2 Å². The molecule has 1 heterocycles. The Hall–Kier alpha value is -0.900. The van der Waals surface area contributed by atoms with Crippen molar-refractivity contribution in [2.24, 2.45) is 0 Å². The second-order valence-corrected chi connectivity index (χ2v) is 3.31. The quantitative estimate of drug-likeness (QED) is 0.596. The standard InChI is InChI=1S/C9H16N2O2/c1-2-7(6-12)11-9(13)8-4-3-5-10-8/h6-8,10H,2-5H2,1H3,(H,11,13)/t7?,8-/m0/s1. The lowest BCUT2D eigenvalue weighted by Gasteiger charge is -2.14. The van der Waals surface area contributed by atoms with Gasteiger partial charge in [0.05, 0.1) is 12.1 Å². The summed E-state index contributed by atoms with van der Waals surface area (Å²) in [6, 6.07) is -0.413. The van der Waals surface area contributed by atoms with E-state index in [4.69, 9.17) is 0 Å². The van der Waals surface area contributed by atoms with Crippen LogP contribution in [0.4, 0.5) is 0 Å². The first-order valence-electron chi connectivity index (χ1n) is 4.77. The number of nitrogens with one attached hydrogen (secondary N) is 2. The Kier molecular flexibility index (Phi) is 3.89. The zero-order valence-electron chi connectivity index (χ0n) is 7.88. The third kappa shape index (κ3) is 2.81. The molecule has 0 saturated carbocycles. The molecule has 1 aliphatic rings. The van der Waals surface area contributed by atoms with E-state index < -0.39 is 0 Å². The van der Waals surface area contributed by atoms with Crippen molar-refractivity contribution in [3.63, 3.8) is 0 Å². The van der Waals surface area contributed by atoms with Gasteiger partial charge in [-0.15, -0.1) is 0 Å². The zero-order valence-corrected chi connectivity index (χ0v) is 7.88. The maximum atomic E-state index is 11.4. The van der Waals surface area contributed by atoms with Crippen LogP contribution < -0.4 is 10.6 Å². The molecule has 0 aromatic rings. The van der Waals surface area contributed by atoms with E-state index >= 15 is 0 Å². The molecular formula is C9H16N2O2. The Labute approximate surface area is 78.1 Å². The van der Waals surface area contributed by atoms with E-state index in [1.54, 1.807) is 0 Å². The number of carbonyl (C=O) groups excluding carboxylic acids is 2. The van der Waals surface area contributed by atoms with E-state index in [9.17, 15) is 9.59 Å². The maximum absolute atomic E-state index is 11.4. The molecule has 74 valence electrons. The van der Waals surface area contributed by atoms with Crippen LogP contribution >= 0.6 is 0 Å². The summed E-state index contributed by atoms with van der Waals surface area (Å²) in [5.74, 6) is -0.0450. The normalized spacial score (nSPS) is 23.9. The third-order valence-corrected chi connectivity index (χ3v) is 2.31. The molecule has 0 bridgehead atoms. The highest BCUT2D eigenvalue weighted by atomic mass is 16.2. The van der Waals surface area contributed by atoms with Gasteiger partial charge in [0.1, 0.15) is 6.29 Å². The van der Waals surface area contributed by atoms with Crippen LogP contribution in [0.3, 0.4) is 0 Å². The molecule has 1 amide bonds. The van der Waals surface area contributed by atoms with Gasteiger partial charge in [-0.1, -0.05) is 6.92 Å². The van der Waals surface area contributed by atoms with E-state index in [2.05, 4.69) is 10.6 Å². The van der Waals surface area contributed by atoms with Crippen molar-refractivity contribution in [2.75, 3.05) is 6.54 Å². The van der Waals surface area contributed by atoms with Gasteiger partial charge in [-0.3, -0.25) is 4.79 Å². The van der Waals surface area contributed by atoms with Crippen LogP contribution in [-0.4, -0.2) is 30.8 Å². The molecule has 0 aromatic heterocycles. The van der Waals surface area contributed by atoms with Crippen molar-refractivity contribution in [3.05, 3.63) is 0 Å². The molecule has 0 aromatic carbocycles. The molecule has 4 nitrogen and oxygen atoms in total. The fourth-order valence-corrected chi connectivity index (χ4v) is 1.42. The molecule has 1 unspecified atom stereocenters. The number of hydrogen-bond acceptors (Lipinski definition) is 3. The molecule has 0 aliphatic carbocycles. The average Bonchev–Trinajstić information content (AvgIpc) is 2.66. The van der Waals surface area contributed by atoms with Crippen LogP contribution in [0.25, 0.3) is 0 Å². The SMILES string of the molecule is CCC(C=O)NC(=O)[C@@H]1CCCN1. The smallest absolute Gasteiger partial charge is 0.237 e. The number of hydrogen-bond donors (Lipinski definition) is 2. The van der Waals surface area contributed by atoms with Crippen LogP contribution in [0, 0.1) is 0 Å². The van der Waals surface area contributed by atoms with E-state index in [0.29, 0.717) is 6.42 Å². The summed E-state index contributed by atoms with van der Waals surface area (Å²) < 4.78 is 0. The Morgan fingerprint density at radius 3 is 3.00 bits per heavy atom. The first kappa shape index (κ1) is 10.2. The van der Waals surface area contributed by atoms with Gasteiger partial charge in [0, 0.05) is 0 Å². The molecule has 2 atom stereocenters. The minimum absolute atomic E-state index is 0.0450. The highest BCUT2D eigenvalue weighted by molar-refractivity contribution is 5.84. The molecule has 1 saturated heterocycles. The van der Waals surface area contributed by atoms with Gasteiger partial charge in [-0.2, -0.15) is 0 Å². The first-order valence-corrected chi connectivity index (χ1v) is 4.77. The van der Waals surface area contributed by atoms with Gasteiger partial charge in [0.25, 0.3) is 0 Å². The van der Waals surface area contributed by atoms with E-state index in [-0.39, 0.29) is 18.0 Å². The molecule has 13 heavy (non-hydrogen) atoms. The Morgan fingerprint density at radius 1 is 1.77 bits per heavy atom. The van der Waals surface area contributed by atoms with Crippen LogP contribution in [-0.2, 0) is 9.59 Å². The Morgan fingerprint density at radius 2 is 2.54 bits per heavy atom. The fourth-order valence-electron chi connectivity index (χ4n) is 1.42. The number of carbonyl (C=O) groups is 2. The third-order valence-electron chi connectivity index (χ3n) is 2.31. The second kappa shape index (κ2) is 4.97. The summed E-state index contributed by atoms with van der Waals surface area (Å²) in [5, 5.41) is 5.77. The lowest BCUT2D eigenvalue weighted by Crippen LogP contribution is -2.45. The maximum Gasteiger partial charge on any atom is 0.237 e. The van der Waals surface area contributed by atoms with Crippen LogP contribution in [0.5, 0.6) is 0 Å². The molecular weight excluding hydrogens is 168 g/mol. The Bertz CT molecular complexity index is 188. The zero-order chi connectivity index (χ0) is 9.68. The van der Waals surface area contributed by atoms with E-state index in [1.807, 2.05) is 6.92 Å². The van der Waals surface area contributed by atoms with Gasteiger partial charge >= 0.3 is 0 Å². The van der Waals surface area contributed by atoms with E-state index in [0.717, 1.165) is 25.7 Å². The average molecular weight is 184 g/mol. The van der Waals surface area contributed by atoms with E-state index in [1.165, 1.54) is 0 Å². The highest BCUT2D eigenvalue weighted by Crippen LogP contribution is 2.04. The van der Waals surface area contributed by atoms with Crippen molar-refractivity contribution < 1.29 is 9.59 Å². The lowest BCUT2D eigenvalue weighted by molar-refractivity contribution is -0.125. The molecule has 0 radical (unpaired) electrons. The van der Waals surface area contributed by atoms with Gasteiger partial charge in [0.15, 0.2) is 0 Å². The van der Waals surface area contributed by atoms with Crippen molar-refractivity contribution >= 4 is 12.2 Å². The monoisotopic (exact) mass is 184 g/mol. The topological polar surface area (TPSA) is 58.2 Å². The van der Waals surface area contributed by atoms with Crippen molar-refractivity contribution in [3.8, 4) is 0 Å². The molecule has 2 N–H and O–H groups in total. The van der Waals surface area contributed by atoms with Crippen molar-refractivity contribution in [2.45, 2.75) is 38.3 Å². The summed E-state index contributed by atoms with van der Waals surface area (Å²) in [6.07, 6.45) is 3.35. The molecule has 1 rings (SSSR count). The number of rotatable bonds is 4. The van der Waals surface area contributed by atoms with Crippen molar-refractivity contribution in [1.29, 1.82) is 0 Å². The molecule has 0 spiro atoms. The summed E-state index contributed by atoms with van der Waals surface area (Å²) in [5.41, 5.74) is 0. The first-order chi connectivity index (χ1) is 6.27. The fraction of sp³-hybridized carbons (Fsp3) is 0.778. The minimum Gasteiger partial charge on any atom is -0.345 e. The lowest BCUT2D eigenvalue weighted by atomic mass is 10.2. The number of aldehydes is 1.